The number of carbonyl (C=O) groups is 1. The standard InChI is InChI=1S/C14H18O/c1-11(2)12(3)9-14(15)10-13-7-5-4-6-8-13/h4-9,11H,10H2,1-3H3. The Morgan fingerprint density at radius 2 is 1.87 bits per heavy atom. The van der Waals surface area contributed by atoms with Crippen LogP contribution >= 0.6 is 0 Å². The lowest BCUT2D eigenvalue weighted by atomic mass is 10.0. The third-order valence-corrected chi connectivity index (χ3v) is 2.52. The van der Waals surface area contributed by atoms with Crippen molar-refractivity contribution >= 4 is 5.78 Å². The van der Waals surface area contributed by atoms with E-state index in [9.17, 15) is 4.79 Å². The quantitative estimate of drug-likeness (QED) is 0.684. The van der Waals surface area contributed by atoms with Crippen molar-refractivity contribution in [2.75, 3.05) is 0 Å². The van der Waals surface area contributed by atoms with E-state index in [-0.39, 0.29) is 5.78 Å². The van der Waals surface area contributed by atoms with E-state index in [0.717, 1.165) is 11.1 Å². The average molecular weight is 202 g/mol. The predicted molar refractivity (Wildman–Crippen MR) is 63.7 cm³/mol. The van der Waals surface area contributed by atoms with Crippen LogP contribution in [-0.4, -0.2) is 5.78 Å². The van der Waals surface area contributed by atoms with Crippen LogP contribution in [0.15, 0.2) is 42.0 Å². The van der Waals surface area contributed by atoms with Gasteiger partial charge in [0.2, 0.25) is 0 Å². The Labute approximate surface area is 91.8 Å². The molecule has 0 radical (unpaired) electrons. The van der Waals surface area contributed by atoms with Gasteiger partial charge in [-0.3, -0.25) is 4.79 Å². The molecule has 0 N–H and O–H groups in total. The summed E-state index contributed by atoms with van der Waals surface area (Å²) in [4.78, 5) is 11.7. The highest BCUT2D eigenvalue weighted by Gasteiger charge is 2.02. The van der Waals surface area contributed by atoms with E-state index in [0.29, 0.717) is 12.3 Å². The van der Waals surface area contributed by atoms with Crippen LogP contribution in [0.4, 0.5) is 0 Å². The van der Waals surface area contributed by atoms with E-state index in [2.05, 4.69) is 13.8 Å². The first kappa shape index (κ1) is 11.7. The molecular weight excluding hydrogens is 184 g/mol. The van der Waals surface area contributed by atoms with Gasteiger partial charge in [0.25, 0.3) is 0 Å². The minimum atomic E-state index is 0.187. The number of allylic oxidation sites excluding steroid dienone is 2. The maximum absolute atomic E-state index is 11.7. The fourth-order valence-electron chi connectivity index (χ4n) is 1.27. The molecule has 0 aliphatic carbocycles. The summed E-state index contributed by atoms with van der Waals surface area (Å²) in [6, 6.07) is 9.85. The van der Waals surface area contributed by atoms with Crippen molar-refractivity contribution in [1.82, 2.24) is 0 Å². The molecule has 0 bridgehead atoms. The van der Waals surface area contributed by atoms with E-state index in [1.165, 1.54) is 0 Å². The summed E-state index contributed by atoms with van der Waals surface area (Å²) in [5.74, 6) is 0.636. The molecule has 80 valence electrons. The van der Waals surface area contributed by atoms with Crippen LogP contribution in [-0.2, 0) is 11.2 Å². The summed E-state index contributed by atoms with van der Waals surface area (Å²) in [7, 11) is 0. The van der Waals surface area contributed by atoms with Gasteiger partial charge in [-0.1, -0.05) is 49.8 Å². The third kappa shape index (κ3) is 4.11. The zero-order valence-corrected chi connectivity index (χ0v) is 9.66. The summed E-state index contributed by atoms with van der Waals surface area (Å²) in [6.45, 7) is 6.21. The maximum Gasteiger partial charge on any atom is 0.160 e. The Kier molecular flexibility index (Phi) is 4.29. The molecule has 0 saturated carbocycles. The minimum absolute atomic E-state index is 0.187. The molecule has 0 aromatic heterocycles. The fraction of sp³-hybridized carbons (Fsp3) is 0.357. The Balaban J connectivity index is 2.61. The SMILES string of the molecule is CC(=CC(=O)Cc1ccccc1)C(C)C. The van der Waals surface area contributed by atoms with Crippen LogP contribution in [0, 0.1) is 5.92 Å². The predicted octanol–water partition coefficient (Wildman–Crippen LogP) is 3.40. The van der Waals surface area contributed by atoms with E-state index in [1.807, 2.05) is 37.3 Å². The van der Waals surface area contributed by atoms with E-state index < -0.39 is 0 Å². The number of benzene rings is 1. The molecule has 0 atom stereocenters. The molecule has 0 saturated heterocycles. The topological polar surface area (TPSA) is 17.1 Å². The van der Waals surface area contributed by atoms with Gasteiger partial charge in [-0.05, 0) is 24.5 Å². The Morgan fingerprint density at radius 1 is 1.27 bits per heavy atom. The second-order valence-electron chi connectivity index (χ2n) is 4.17. The lowest BCUT2D eigenvalue weighted by Crippen LogP contribution is -2.01. The summed E-state index contributed by atoms with van der Waals surface area (Å²) >= 11 is 0. The molecule has 0 spiro atoms. The van der Waals surface area contributed by atoms with Crippen LogP contribution in [0.3, 0.4) is 0 Å². The molecule has 0 fully saturated rings. The zero-order valence-electron chi connectivity index (χ0n) is 9.66. The maximum atomic E-state index is 11.7. The number of hydrogen-bond acceptors (Lipinski definition) is 1. The highest BCUT2D eigenvalue weighted by Crippen LogP contribution is 2.09. The summed E-state index contributed by atoms with van der Waals surface area (Å²) in [5.41, 5.74) is 2.23. The van der Waals surface area contributed by atoms with Gasteiger partial charge in [0.05, 0.1) is 0 Å². The van der Waals surface area contributed by atoms with Crippen molar-refractivity contribution in [2.24, 2.45) is 5.92 Å². The van der Waals surface area contributed by atoms with Crippen molar-refractivity contribution < 1.29 is 4.79 Å². The van der Waals surface area contributed by atoms with Crippen LogP contribution < -0.4 is 0 Å². The van der Waals surface area contributed by atoms with Gasteiger partial charge in [0, 0.05) is 6.42 Å². The van der Waals surface area contributed by atoms with Crippen molar-refractivity contribution in [3.63, 3.8) is 0 Å². The molecule has 1 rings (SSSR count). The molecule has 0 aliphatic heterocycles. The van der Waals surface area contributed by atoms with Gasteiger partial charge >= 0.3 is 0 Å². The molecule has 1 aromatic rings. The largest absolute Gasteiger partial charge is 0.294 e. The first-order valence-corrected chi connectivity index (χ1v) is 5.34. The number of rotatable bonds is 4. The van der Waals surface area contributed by atoms with Gasteiger partial charge in [-0.25, -0.2) is 0 Å². The molecule has 0 aliphatic rings. The van der Waals surface area contributed by atoms with Crippen LogP contribution in [0.1, 0.15) is 26.3 Å². The number of carbonyl (C=O) groups excluding carboxylic acids is 1. The van der Waals surface area contributed by atoms with E-state index in [1.54, 1.807) is 6.08 Å². The lowest BCUT2D eigenvalue weighted by molar-refractivity contribution is -0.114. The Hall–Kier alpha value is -1.37. The molecule has 1 nitrogen and oxygen atoms in total. The second-order valence-corrected chi connectivity index (χ2v) is 4.17. The van der Waals surface area contributed by atoms with Crippen LogP contribution in [0.2, 0.25) is 0 Å². The smallest absolute Gasteiger partial charge is 0.160 e. The van der Waals surface area contributed by atoms with Crippen molar-refractivity contribution in [2.45, 2.75) is 27.2 Å². The molecule has 0 amide bonds. The normalized spacial score (nSPS) is 11.9. The average Bonchev–Trinajstić information content (AvgIpc) is 2.18. The van der Waals surface area contributed by atoms with Crippen molar-refractivity contribution in [3.8, 4) is 0 Å². The van der Waals surface area contributed by atoms with Crippen LogP contribution in [0.25, 0.3) is 0 Å². The monoisotopic (exact) mass is 202 g/mol. The van der Waals surface area contributed by atoms with Gasteiger partial charge in [-0.2, -0.15) is 0 Å². The first-order chi connectivity index (χ1) is 7.09. The van der Waals surface area contributed by atoms with Gasteiger partial charge in [0.15, 0.2) is 5.78 Å². The van der Waals surface area contributed by atoms with Gasteiger partial charge in [0.1, 0.15) is 0 Å². The lowest BCUT2D eigenvalue weighted by Gasteiger charge is -2.04. The van der Waals surface area contributed by atoms with Crippen LogP contribution in [0.5, 0.6) is 0 Å². The number of ketones is 1. The Bertz CT molecular complexity index is 347. The Morgan fingerprint density at radius 3 is 2.40 bits per heavy atom. The fourth-order valence-corrected chi connectivity index (χ4v) is 1.27. The second kappa shape index (κ2) is 5.50. The van der Waals surface area contributed by atoms with Gasteiger partial charge < -0.3 is 0 Å². The molecule has 1 aromatic carbocycles. The van der Waals surface area contributed by atoms with Gasteiger partial charge in [-0.15, -0.1) is 0 Å². The molecule has 0 unspecified atom stereocenters. The van der Waals surface area contributed by atoms with Crippen molar-refractivity contribution in [1.29, 1.82) is 0 Å². The van der Waals surface area contributed by atoms with Crippen molar-refractivity contribution in [3.05, 3.63) is 47.5 Å². The highest BCUT2D eigenvalue weighted by molar-refractivity contribution is 5.92. The molecule has 15 heavy (non-hydrogen) atoms. The van der Waals surface area contributed by atoms with E-state index in [4.69, 9.17) is 0 Å². The van der Waals surface area contributed by atoms with E-state index >= 15 is 0 Å². The first-order valence-electron chi connectivity index (χ1n) is 5.34. The summed E-state index contributed by atoms with van der Waals surface area (Å²) in [6.07, 6.45) is 2.27. The number of hydrogen-bond donors (Lipinski definition) is 0. The molecule has 0 heterocycles. The molecule has 1 heteroatoms. The third-order valence-electron chi connectivity index (χ3n) is 2.52. The minimum Gasteiger partial charge on any atom is -0.294 e. The molecular formula is C14H18O. The summed E-state index contributed by atoms with van der Waals surface area (Å²) < 4.78 is 0. The summed E-state index contributed by atoms with van der Waals surface area (Å²) in [5, 5.41) is 0. The zero-order chi connectivity index (χ0) is 11.3. The highest BCUT2D eigenvalue weighted by atomic mass is 16.1.